The van der Waals surface area contributed by atoms with Gasteiger partial charge in [0.1, 0.15) is 0 Å². The fourth-order valence-electron chi connectivity index (χ4n) is 3.83. The number of para-hydroxylation sites is 1. The summed E-state index contributed by atoms with van der Waals surface area (Å²) in [6, 6.07) is 17.4. The van der Waals surface area contributed by atoms with Crippen LogP contribution >= 0.6 is 0 Å². The minimum atomic E-state index is 0. The van der Waals surface area contributed by atoms with Gasteiger partial charge in [0, 0.05) is 30.1 Å². The molecule has 0 aliphatic carbocycles. The molecule has 0 atom stereocenters. The number of pyridine rings is 1. The second kappa shape index (κ2) is 8.57. The SMILES string of the molecule is C=CC[n+]1ccc(C=C2C=Cc3cc(C)ccc3N2CC)c2ccccc21.[Br-]. The third kappa shape index (κ3) is 3.67. The van der Waals surface area contributed by atoms with Crippen molar-refractivity contribution in [2.45, 2.75) is 20.4 Å². The Balaban J connectivity index is 0.00000225. The first-order chi connectivity index (χ1) is 13.2. The quantitative estimate of drug-likeness (QED) is 0.453. The van der Waals surface area contributed by atoms with E-state index >= 15 is 0 Å². The van der Waals surface area contributed by atoms with Crippen LogP contribution in [0.3, 0.4) is 0 Å². The molecule has 0 unspecified atom stereocenters. The maximum Gasteiger partial charge on any atom is 0.213 e. The third-order valence-electron chi connectivity index (χ3n) is 5.12. The monoisotopic (exact) mass is 432 g/mol. The molecule has 0 bridgehead atoms. The highest BCUT2D eigenvalue weighted by molar-refractivity contribution is 5.88. The summed E-state index contributed by atoms with van der Waals surface area (Å²) in [6.45, 7) is 9.98. The number of benzene rings is 2. The van der Waals surface area contributed by atoms with Crippen LogP contribution in [0.15, 0.2) is 79.2 Å². The lowest BCUT2D eigenvalue weighted by molar-refractivity contribution is -0.660. The van der Waals surface area contributed by atoms with Crippen molar-refractivity contribution >= 4 is 28.7 Å². The van der Waals surface area contributed by atoms with E-state index in [2.05, 4.69) is 103 Å². The number of anilines is 1. The standard InChI is InChI=1S/C25H25N2.BrH/c1-4-15-26-16-14-20(23-8-6-7-9-25(23)26)18-22-12-11-21-17-19(3)10-13-24(21)27(22)5-2;/h4,6-14,16-18H,1,5,15H2,2-3H3;1H/q+1;/p-1. The molecule has 28 heavy (non-hydrogen) atoms. The zero-order chi connectivity index (χ0) is 18.8. The second-order valence-electron chi connectivity index (χ2n) is 6.94. The predicted octanol–water partition coefficient (Wildman–Crippen LogP) is 2.52. The predicted molar refractivity (Wildman–Crippen MR) is 116 cm³/mol. The van der Waals surface area contributed by atoms with Gasteiger partial charge in [0.05, 0.1) is 5.39 Å². The van der Waals surface area contributed by atoms with Gasteiger partial charge in [-0.05, 0) is 61.4 Å². The molecule has 0 radical (unpaired) electrons. The van der Waals surface area contributed by atoms with E-state index < -0.39 is 0 Å². The summed E-state index contributed by atoms with van der Waals surface area (Å²) >= 11 is 0. The van der Waals surface area contributed by atoms with Crippen molar-refractivity contribution in [1.82, 2.24) is 0 Å². The van der Waals surface area contributed by atoms with Crippen LogP contribution in [0.2, 0.25) is 0 Å². The summed E-state index contributed by atoms with van der Waals surface area (Å²) in [7, 11) is 0. The normalized spacial score (nSPS) is 14.1. The van der Waals surface area contributed by atoms with E-state index in [9.17, 15) is 0 Å². The summed E-state index contributed by atoms with van der Waals surface area (Å²) < 4.78 is 2.23. The van der Waals surface area contributed by atoms with E-state index in [0.717, 1.165) is 13.1 Å². The molecule has 1 aromatic heterocycles. The number of nitrogens with zero attached hydrogens (tertiary/aromatic N) is 2. The van der Waals surface area contributed by atoms with E-state index in [1.54, 1.807) is 0 Å². The smallest absolute Gasteiger partial charge is 0.213 e. The topological polar surface area (TPSA) is 7.12 Å². The van der Waals surface area contributed by atoms with Crippen LogP contribution in [-0.4, -0.2) is 6.54 Å². The molecular weight excluding hydrogens is 408 g/mol. The second-order valence-corrected chi connectivity index (χ2v) is 6.94. The van der Waals surface area contributed by atoms with Crippen LogP contribution in [-0.2, 0) is 6.54 Å². The highest BCUT2D eigenvalue weighted by atomic mass is 79.9. The molecule has 0 amide bonds. The molecule has 1 aliphatic rings. The maximum atomic E-state index is 3.88. The number of aryl methyl sites for hydroxylation is 1. The van der Waals surface area contributed by atoms with Gasteiger partial charge >= 0.3 is 0 Å². The molecule has 0 saturated heterocycles. The van der Waals surface area contributed by atoms with E-state index in [0.29, 0.717) is 0 Å². The fraction of sp³-hybridized carbons (Fsp3) is 0.160. The van der Waals surface area contributed by atoms with E-state index in [1.165, 1.54) is 39.0 Å². The minimum Gasteiger partial charge on any atom is -1.00 e. The van der Waals surface area contributed by atoms with Gasteiger partial charge in [-0.1, -0.05) is 36.4 Å². The fourth-order valence-corrected chi connectivity index (χ4v) is 3.83. The van der Waals surface area contributed by atoms with Crippen LogP contribution < -0.4 is 26.4 Å². The van der Waals surface area contributed by atoms with Gasteiger partial charge < -0.3 is 21.9 Å². The summed E-state index contributed by atoms with van der Waals surface area (Å²) in [5, 5.41) is 1.26. The Bertz CT molecular complexity index is 1080. The van der Waals surface area contributed by atoms with Crippen molar-refractivity contribution in [1.29, 1.82) is 0 Å². The number of likely N-dealkylation sites (N-methyl/N-ethyl adjacent to an activating group) is 1. The molecule has 142 valence electrons. The van der Waals surface area contributed by atoms with Gasteiger partial charge in [0.2, 0.25) is 5.52 Å². The summed E-state index contributed by atoms with van der Waals surface area (Å²) in [5.41, 5.74) is 7.54. The van der Waals surface area contributed by atoms with Gasteiger partial charge in [0.15, 0.2) is 12.7 Å². The number of allylic oxidation sites excluding steroid dienone is 2. The molecule has 0 fully saturated rings. The van der Waals surface area contributed by atoms with E-state index in [-0.39, 0.29) is 17.0 Å². The number of aromatic nitrogens is 1. The van der Waals surface area contributed by atoms with Crippen LogP contribution in [0.4, 0.5) is 5.69 Å². The lowest BCUT2D eigenvalue weighted by atomic mass is 10.0. The van der Waals surface area contributed by atoms with Crippen molar-refractivity contribution < 1.29 is 21.5 Å². The molecule has 0 N–H and O–H groups in total. The highest BCUT2D eigenvalue weighted by Crippen LogP contribution is 2.32. The van der Waals surface area contributed by atoms with E-state index in [4.69, 9.17) is 0 Å². The first-order valence-corrected chi connectivity index (χ1v) is 9.51. The van der Waals surface area contributed by atoms with Crippen molar-refractivity contribution in [2.24, 2.45) is 0 Å². The maximum absolute atomic E-state index is 3.88. The summed E-state index contributed by atoms with van der Waals surface area (Å²) in [6.07, 6.45) is 10.8. The molecule has 1 aliphatic heterocycles. The molecule has 4 rings (SSSR count). The number of fused-ring (bicyclic) bond motifs is 2. The number of hydrogen-bond acceptors (Lipinski definition) is 1. The Hall–Kier alpha value is -2.65. The third-order valence-corrected chi connectivity index (χ3v) is 5.12. The molecule has 2 heterocycles. The summed E-state index contributed by atoms with van der Waals surface area (Å²) in [4.78, 5) is 2.38. The van der Waals surface area contributed by atoms with Gasteiger partial charge in [-0.3, -0.25) is 0 Å². The zero-order valence-corrected chi connectivity index (χ0v) is 18.0. The number of rotatable bonds is 4. The van der Waals surface area contributed by atoms with Gasteiger partial charge in [0.25, 0.3) is 0 Å². The van der Waals surface area contributed by atoms with E-state index in [1.807, 2.05) is 6.08 Å². The average molecular weight is 433 g/mol. The van der Waals surface area contributed by atoms with Crippen molar-refractivity contribution in [3.63, 3.8) is 0 Å². The van der Waals surface area contributed by atoms with Gasteiger partial charge in [-0.2, -0.15) is 4.57 Å². The van der Waals surface area contributed by atoms with Gasteiger partial charge in [-0.25, -0.2) is 0 Å². The number of halogens is 1. The first-order valence-electron chi connectivity index (χ1n) is 9.51. The van der Waals surface area contributed by atoms with Crippen molar-refractivity contribution in [3.05, 3.63) is 95.8 Å². The summed E-state index contributed by atoms with van der Waals surface area (Å²) in [5.74, 6) is 0. The van der Waals surface area contributed by atoms with Crippen LogP contribution in [0.1, 0.15) is 23.6 Å². The van der Waals surface area contributed by atoms with Gasteiger partial charge in [-0.15, -0.1) is 0 Å². The Kier molecular flexibility index (Phi) is 6.15. The number of hydrogen-bond donors (Lipinski definition) is 0. The van der Waals surface area contributed by atoms with Crippen LogP contribution in [0, 0.1) is 6.92 Å². The Morgan fingerprint density at radius 1 is 1.07 bits per heavy atom. The molecule has 2 nitrogen and oxygen atoms in total. The lowest BCUT2D eigenvalue weighted by Gasteiger charge is -2.29. The average Bonchev–Trinajstić information content (AvgIpc) is 2.69. The van der Waals surface area contributed by atoms with Crippen molar-refractivity contribution in [2.75, 3.05) is 11.4 Å². The van der Waals surface area contributed by atoms with Crippen LogP contribution in [0.25, 0.3) is 23.1 Å². The molecule has 3 aromatic rings. The molecular formula is C25H25BrN2. The molecule has 3 heteroatoms. The minimum absolute atomic E-state index is 0. The van der Waals surface area contributed by atoms with Crippen molar-refractivity contribution in [3.8, 4) is 0 Å². The molecule has 0 spiro atoms. The molecule has 2 aromatic carbocycles. The lowest BCUT2D eigenvalue weighted by Crippen LogP contribution is -3.00. The largest absolute Gasteiger partial charge is 1.00 e. The van der Waals surface area contributed by atoms with Crippen LogP contribution in [0.5, 0.6) is 0 Å². The first kappa shape index (κ1) is 20.1. The Morgan fingerprint density at radius 2 is 1.89 bits per heavy atom. The molecule has 0 saturated carbocycles. The highest BCUT2D eigenvalue weighted by Gasteiger charge is 2.17. The Morgan fingerprint density at radius 3 is 2.68 bits per heavy atom. The Labute approximate surface area is 177 Å². The zero-order valence-electron chi connectivity index (χ0n) is 16.4.